The van der Waals surface area contributed by atoms with E-state index < -0.39 is 5.41 Å². The molecule has 0 aromatic heterocycles. The maximum atomic E-state index is 12.6. The lowest BCUT2D eigenvalue weighted by Gasteiger charge is -2.24. The first-order valence-electron chi connectivity index (χ1n) is 6.94. The molecule has 4 nitrogen and oxygen atoms in total. The van der Waals surface area contributed by atoms with E-state index in [2.05, 4.69) is 11.4 Å². The summed E-state index contributed by atoms with van der Waals surface area (Å²) < 4.78 is 5.13. The van der Waals surface area contributed by atoms with Crippen LogP contribution < -0.4 is 10.1 Å². The number of amides is 1. The van der Waals surface area contributed by atoms with Gasteiger partial charge in [-0.25, -0.2) is 0 Å². The number of hydrogen-bond donors (Lipinski definition) is 1. The second-order valence-electron chi connectivity index (χ2n) is 5.47. The molecule has 0 aliphatic heterocycles. The van der Waals surface area contributed by atoms with Gasteiger partial charge in [0.05, 0.1) is 23.8 Å². The van der Waals surface area contributed by atoms with Crippen LogP contribution in [-0.4, -0.2) is 13.0 Å². The van der Waals surface area contributed by atoms with Gasteiger partial charge in [0.2, 0.25) is 5.91 Å². The molecule has 0 saturated heterocycles. The van der Waals surface area contributed by atoms with Crippen molar-refractivity contribution in [2.24, 2.45) is 0 Å². The lowest BCUT2D eigenvalue weighted by atomic mass is 9.83. The second-order valence-corrected chi connectivity index (χ2v) is 5.47. The van der Waals surface area contributed by atoms with Crippen LogP contribution in [0.5, 0.6) is 5.75 Å². The maximum absolute atomic E-state index is 12.6. The monoisotopic (exact) mass is 294 g/mol. The van der Waals surface area contributed by atoms with Crippen molar-refractivity contribution in [1.82, 2.24) is 0 Å². The van der Waals surface area contributed by atoms with E-state index in [-0.39, 0.29) is 5.91 Å². The molecule has 0 spiro atoms. The van der Waals surface area contributed by atoms with Crippen molar-refractivity contribution in [3.63, 3.8) is 0 Å². The first-order valence-corrected chi connectivity index (χ1v) is 6.94. The summed E-state index contributed by atoms with van der Waals surface area (Å²) in [6.45, 7) is 3.69. The standard InChI is InChI=1S/C18H18N2O2/c1-18(2,14-8-10-15(22-3)11-9-14)17(21)20-16-7-5-4-6-13(16)12-19/h4-11H,1-3H3,(H,20,21). The average Bonchev–Trinajstić information content (AvgIpc) is 2.55. The minimum atomic E-state index is -0.727. The minimum Gasteiger partial charge on any atom is -0.497 e. The molecule has 0 atom stereocenters. The molecule has 0 aliphatic carbocycles. The van der Waals surface area contributed by atoms with Gasteiger partial charge < -0.3 is 10.1 Å². The molecular formula is C18H18N2O2. The van der Waals surface area contributed by atoms with Crippen molar-refractivity contribution >= 4 is 11.6 Å². The van der Waals surface area contributed by atoms with E-state index in [1.54, 1.807) is 31.4 Å². The topological polar surface area (TPSA) is 62.1 Å². The Morgan fingerprint density at radius 1 is 1.14 bits per heavy atom. The Hall–Kier alpha value is -2.80. The number of hydrogen-bond acceptors (Lipinski definition) is 3. The van der Waals surface area contributed by atoms with Gasteiger partial charge in [-0.1, -0.05) is 24.3 Å². The van der Waals surface area contributed by atoms with Crippen molar-refractivity contribution in [3.05, 3.63) is 59.7 Å². The second kappa shape index (κ2) is 6.31. The quantitative estimate of drug-likeness (QED) is 0.939. The zero-order valence-electron chi connectivity index (χ0n) is 12.9. The summed E-state index contributed by atoms with van der Waals surface area (Å²) in [6.07, 6.45) is 0. The third kappa shape index (κ3) is 3.09. The Kier molecular flexibility index (Phi) is 4.47. The normalized spacial score (nSPS) is 10.6. The average molecular weight is 294 g/mol. The Morgan fingerprint density at radius 2 is 1.77 bits per heavy atom. The predicted molar refractivity (Wildman–Crippen MR) is 85.8 cm³/mol. The Balaban J connectivity index is 2.25. The number of nitrogens with one attached hydrogen (secondary N) is 1. The molecule has 2 rings (SSSR count). The minimum absolute atomic E-state index is 0.166. The highest BCUT2D eigenvalue weighted by Gasteiger charge is 2.30. The fraction of sp³-hybridized carbons (Fsp3) is 0.222. The van der Waals surface area contributed by atoms with Crippen LogP contribution in [0.1, 0.15) is 25.0 Å². The van der Waals surface area contributed by atoms with Gasteiger partial charge in [0, 0.05) is 0 Å². The molecule has 0 fully saturated rings. The molecule has 2 aromatic carbocycles. The number of carbonyl (C=O) groups is 1. The van der Waals surface area contributed by atoms with Crippen LogP contribution >= 0.6 is 0 Å². The number of nitrogens with zero attached hydrogens (tertiary/aromatic N) is 1. The van der Waals surface area contributed by atoms with E-state index in [1.165, 1.54) is 0 Å². The van der Waals surface area contributed by atoms with Gasteiger partial charge >= 0.3 is 0 Å². The lowest BCUT2D eigenvalue weighted by Crippen LogP contribution is -2.34. The number of rotatable bonds is 4. The lowest BCUT2D eigenvalue weighted by molar-refractivity contribution is -0.120. The number of anilines is 1. The molecule has 2 aromatic rings. The van der Waals surface area contributed by atoms with Crippen molar-refractivity contribution < 1.29 is 9.53 Å². The van der Waals surface area contributed by atoms with Crippen molar-refractivity contribution in [3.8, 4) is 11.8 Å². The van der Waals surface area contributed by atoms with E-state index in [0.29, 0.717) is 11.3 Å². The van der Waals surface area contributed by atoms with Crippen LogP contribution in [0.25, 0.3) is 0 Å². The summed E-state index contributed by atoms with van der Waals surface area (Å²) in [5, 5.41) is 11.9. The third-order valence-corrected chi connectivity index (χ3v) is 3.68. The molecule has 22 heavy (non-hydrogen) atoms. The number of ether oxygens (including phenoxy) is 1. The van der Waals surface area contributed by atoms with Crippen LogP contribution in [0.2, 0.25) is 0 Å². The largest absolute Gasteiger partial charge is 0.497 e. The zero-order chi connectivity index (χ0) is 16.2. The molecular weight excluding hydrogens is 276 g/mol. The molecule has 0 heterocycles. The van der Waals surface area contributed by atoms with Crippen LogP contribution in [0, 0.1) is 11.3 Å². The zero-order valence-corrected chi connectivity index (χ0v) is 12.9. The fourth-order valence-corrected chi connectivity index (χ4v) is 2.11. The third-order valence-electron chi connectivity index (χ3n) is 3.68. The summed E-state index contributed by atoms with van der Waals surface area (Å²) in [5.74, 6) is 0.579. The van der Waals surface area contributed by atoms with Gasteiger partial charge in [-0.2, -0.15) is 5.26 Å². The number of carbonyl (C=O) groups excluding carboxylic acids is 1. The first-order chi connectivity index (χ1) is 10.5. The van der Waals surface area contributed by atoms with Gasteiger partial charge in [0.15, 0.2) is 0 Å². The summed E-state index contributed by atoms with van der Waals surface area (Å²) in [6, 6.07) is 16.4. The number of methoxy groups -OCH3 is 1. The smallest absolute Gasteiger partial charge is 0.234 e. The molecule has 4 heteroatoms. The van der Waals surface area contributed by atoms with Gasteiger partial charge in [0.25, 0.3) is 0 Å². The number of benzene rings is 2. The molecule has 0 aliphatic rings. The highest BCUT2D eigenvalue weighted by atomic mass is 16.5. The molecule has 0 bridgehead atoms. The summed E-state index contributed by atoms with van der Waals surface area (Å²) in [5.41, 5.74) is 1.12. The van der Waals surface area contributed by atoms with Gasteiger partial charge in [0.1, 0.15) is 11.8 Å². The maximum Gasteiger partial charge on any atom is 0.234 e. The van der Waals surface area contributed by atoms with Gasteiger partial charge in [-0.15, -0.1) is 0 Å². The van der Waals surface area contributed by atoms with Crippen molar-refractivity contribution in [1.29, 1.82) is 5.26 Å². The first kappa shape index (κ1) is 15.6. The highest BCUT2D eigenvalue weighted by molar-refractivity contribution is 5.99. The van der Waals surface area contributed by atoms with E-state index in [0.717, 1.165) is 11.3 Å². The van der Waals surface area contributed by atoms with Gasteiger partial charge in [-0.3, -0.25) is 4.79 Å². The summed E-state index contributed by atoms with van der Waals surface area (Å²) >= 11 is 0. The Labute approximate surface area is 130 Å². The fourth-order valence-electron chi connectivity index (χ4n) is 2.11. The molecule has 112 valence electrons. The van der Waals surface area contributed by atoms with Crippen LogP contribution in [-0.2, 0) is 10.2 Å². The molecule has 1 N–H and O–H groups in total. The molecule has 0 saturated carbocycles. The number of nitriles is 1. The SMILES string of the molecule is COc1ccc(C(C)(C)C(=O)Nc2ccccc2C#N)cc1. The molecule has 0 radical (unpaired) electrons. The molecule has 0 unspecified atom stereocenters. The Bertz CT molecular complexity index is 713. The number of para-hydroxylation sites is 1. The summed E-state index contributed by atoms with van der Waals surface area (Å²) in [4.78, 5) is 12.6. The molecule has 1 amide bonds. The Morgan fingerprint density at radius 3 is 2.36 bits per heavy atom. The van der Waals surface area contributed by atoms with E-state index in [4.69, 9.17) is 10.00 Å². The summed E-state index contributed by atoms with van der Waals surface area (Å²) in [7, 11) is 1.60. The van der Waals surface area contributed by atoms with Crippen LogP contribution in [0.15, 0.2) is 48.5 Å². The van der Waals surface area contributed by atoms with Crippen LogP contribution in [0.3, 0.4) is 0 Å². The van der Waals surface area contributed by atoms with E-state index in [1.807, 2.05) is 38.1 Å². The van der Waals surface area contributed by atoms with E-state index >= 15 is 0 Å². The van der Waals surface area contributed by atoms with Crippen LogP contribution in [0.4, 0.5) is 5.69 Å². The van der Waals surface area contributed by atoms with Crippen molar-refractivity contribution in [2.45, 2.75) is 19.3 Å². The van der Waals surface area contributed by atoms with Crippen molar-refractivity contribution in [2.75, 3.05) is 12.4 Å². The predicted octanol–water partition coefficient (Wildman–Crippen LogP) is 3.48. The van der Waals surface area contributed by atoms with Gasteiger partial charge in [-0.05, 0) is 43.7 Å². The van der Waals surface area contributed by atoms with E-state index in [9.17, 15) is 4.79 Å². The highest BCUT2D eigenvalue weighted by Crippen LogP contribution is 2.27.